The molecule has 2 saturated heterocycles. The van der Waals surface area contributed by atoms with Gasteiger partial charge in [-0.3, -0.25) is 9.69 Å². The standard InChI is InChI=1S/C22H25FN2O3/c23-19-5-1-17(2-6-19)15-25-13-14-28-16-22(25)9-11-24(12-10-22)21(27)18-3-7-20(26)8-4-18/h1-8,26H,9-16H2. The summed E-state index contributed by atoms with van der Waals surface area (Å²) in [6.45, 7) is 4.29. The molecule has 2 heterocycles. The number of ether oxygens (including phenoxy) is 1. The summed E-state index contributed by atoms with van der Waals surface area (Å²) in [5.74, 6) is -0.0666. The summed E-state index contributed by atoms with van der Waals surface area (Å²) in [7, 11) is 0. The second kappa shape index (κ2) is 7.89. The molecule has 6 heteroatoms. The number of morpholine rings is 1. The van der Waals surface area contributed by atoms with Crippen molar-refractivity contribution in [2.24, 2.45) is 0 Å². The molecule has 2 fully saturated rings. The van der Waals surface area contributed by atoms with E-state index in [9.17, 15) is 14.3 Å². The van der Waals surface area contributed by atoms with Crippen LogP contribution >= 0.6 is 0 Å². The van der Waals surface area contributed by atoms with Crippen LogP contribution in [0.15, 0.2) is 48.5 Å². The Balaban J connectivity index is 1.43. The van der Waals surface area contributed by atoms with Crippen molar-refractivity contribution in [1.82, 2.24) is 9.80 Å². The van der Waals surface area contributed by atoms with Crippen molar-refractivity contribution in [2.75, 3.05) is 32.8 Å². The molecule has 4 rings (SSSR count). The van der Waals surface area contributed by atoms with Crippen LogP contribution < -0.4 is 0 Å². The van der Waals surface area contributed by atoms with Crippen LogP contribution in [0, 0.1) is 5.82 Å². The van der Waals surface area contributed by atoms with Gasteiger partial charge >= 0.3 is 0 Å². The SMILES string of the molecule is O=C(c1ccc(O)cc1)N1CCC2(CC1)COCCN2Cc1ccc(F)cc1. The zero-order valence-corrected chi connectivity index (χ0v) is 15.8. The van der Waals surface area contributed by atoms with E-state index in [1.54, 1.807) is 12.1 Å². The summed E-state index contributed by atoms with van der Waals surface area (Å²) in [6.07, 6.45) is 1.69. The Morgan fingerprint density at radius 1 is 1.04 bits per heavy atom. The second-order valence-corrected chi connectivity index (χ2v) is 7.66. The monoisotopic (exact) mass is 384 g/mol. The summed E-state index contributed by atoms with van der Waals surface area (Å²) in [6, 6.07) is 13.1. The maximum Gasteiger partial charge on any atom is 0.253 e. The number of amides is 1. The molecule has 1 spiro atoms. The van der Waals surface area contributed by atoms with Crippen LogP contribution in [0.3, 0.4) is 0 Å². The van der Waals surface area contributed by atoms with Crippen molar-refractivity contribution in [2.45, 2.75) is 24.9 Å². The molecule has 0 aliphatic carbocycles. The molecule has 0 radical (unpaired) electrons. The smallest absolute Gasteiger partial charge is 0.253 e. The molecule has 5 nitrogen and oxygen atoms in total. The molecule has 2 aromatic rings. The molecule has 0 aromatic heterocycles. The average Bonchev–Trinajstić information content (AvgIpc) is 2.72. The highest BCUT2D eigenvalue weighted by Gasteiger charge is 2.43. The normalized spacial score (nSPS) is 19.7. The number of phenolic OH excluding ortho intramolecular Hbond substituents is 1. The molecule has 0 unspecified atom stereocenters. The fourth-order valence-corrected chi connectivity index (χ4v) is 4.20. The third-order valence-electron chi connectivity index (χ3n) is 5.93. The topological polar surface area (TPSA) is 53.0 Å². The molecule has 0 saturated carbocycles. The van der Waals surface area contributed by atoms with Crippen molar-refractivity contribution >= 4 is 5.91 Å². The van der Waals surface area contributed by atoms with Crippen LogP contribution in [0.1, 0.15) is 28.8 Å². The minimum absolute atomic E-state index is 0.00309. The number of hydrogen-bond acceptors (Lipinski definition) is 4. The Labute approximate surface area is 164 Å². The van der Waals surface area contributed by atoms with Crippen LogP contribution in [-0.2, 0) is 11.3 Å². The van der Waals surface area contributed by atoms with E-state index in [1.165, 1.54) is 24.3 Å². The van der Waals surface area contributed by atoms with E-state index >= 15 is 0 Å². The predicted molar refractivity (Wildman–Crippen MR) is 104 cm³/mol. The highest BCUT2D eigenvalue weighted by molar-refractivity contribution is 5.94. The van der Waals surface area contributed by atoms with E-state index < -0.39 is 0 Å². The van der Waals surface area contributed by atoms with Crippen molar-refractivity contribution in [1.29, 1.82) is 0 Å². The minimum atomic E-state index is -0.221. The zero-order chi connectivity index (χ0) is 19.6. The van der Waals surface area contributed by atoms with Crippen molar-refractivity contribution in [3.05, 3.63) is 65.5 Å². The third-order valence-corrected chi connectivity index (χ3v) is 5.93. The maximum absolute atomic E-state index is 13.2. The van der Waals surface area contributed by atoms with Gasteiger partial charge in [0, 0.05) is 37.3 Å². The van der Waals surface area contributed by atoms with Crippen molar-refractivity contribution < 1.29 is 19.0 Å². The van der Waals surface area contributed by atoms with Gasteiger partial charge in [0.15, 0.2) is 0 Å². The van der Waals surface area contributed by atoms with Crippen LogP contribution in [0.5, 0.6) is 5.75 Å². The molecule has 2 aliphatic rings. The highest BCUT2D eigenvalue weighted by atomic mass is 19.1. The lowest BCUT2D eigenvalue weighted by atomic mass is 9.84. The number of carbonyl (C=O) groups excluding carboxylic acids is 1. The molecular formula is C22H25FN2O3. The Morgan fingerprint density at radius 2 is 1.71 bits per heavy atom. The number of halogens is 1. The first-order chi connectivity index (χ1) is 13.6. The van der Waals surface area contributed by atoms with Gasteiger partial charge in [-0.05, 0) is 54.8 Å². The minimum Gasteiger partial charge on any atom is -0.508 e. The average molecular weight is 384 g/mol. The largest absolute Gasteiger partial charge is 0.508 e. The fraction of sp³-hybridized carbons (Fsp3) is 0.409. The molecule has 28 heavy (non-hydrogen) atoms. The molecule has 2 aromatic carbocycles. The molecular weight excluding hydrogens is 359 g/mol. The van der Waals surface area contributed by atoms with Gasteiger partial charge in [0.2, 0.25) is 0 Å². The van der Waals surface area contributed by atoms with Gasteiger partial charge in [0.05, 0.1) is 13.2 Å². The van der Waals surface area contributed by atoms with Gasteiger partial charge in [-0.15, -0.1) is 0 Å². The van der Waals surface area contributed by atoms with E-state index in [2.05, 4.69) is 4.90 Å². The Hall–Kier alpha value is -2.44. The zero-order valence-electron chi connectivity index (χ0n) is 15.8. The number of likely N-dealkylation sites (tertiary alicyclic amines) is 1. The highest BCUT2D eigenvalue weighted by Crippen LogP contribution is 2.33. The number of nitrogens with zero attached hydrogens (tertiary/aromatic N) is 2. The number of benzene rings is 2. The van der Waals surface area contributed by atoms with Crippen LogP contribution in [0.2, 0.25) is 0 Å². The Kier molecular flexibility index (Phi) is 5.33. The van der Waals surface area contributed by atoms with Gasteiger partial charge in [0.25, 0.3) is 5.91 Å². The molecule has 148 valence electrons. The number of piperidine rings is 1. The molecule has 0 atom stereocenters. The molecule has 2 aliphatic heterocycles. The number of hydrogen-bond donors (Lipinski definition) is 1. The summed E-state index contributed by atoms with van der Waals surface area (Å²) >= 11 is 0. The predicted octanol–water partition coefficient (Wildman–Crippen LogP) is 3.04. The summed E-state index contributed by atoms with van der Waals surface area (Å²) < 4.78 is 19.0. The Bertz CT molecular complexity index is 815. The first-order valence-electron chi connectivity index (χ1n) is 9.71. The van der Waals surface area contributed by atoms with E-state index in [-0.39, 0.29) is 23.0 Å². The van der Waals surface area contributed by atoms with Gasteiger partial charge in [-0.2, -0.15) is 0 Å². The van der Waals surface area contributed by atoms with Gasteiger partial charge < -0.3 is 14.7 Å². The van der Waals surface area contributed by atoms with Gasteiger partial charge in [-0.25, -0.2) is 4.39 Å². The number of rotatable bonds is 3. The maximum atomic E-state index is 13.2. The van der Waals surface area contributed by atoms with E-state index in [0.717, 1.165) is 31.5 Å². The lowest BCUT2D eigenvalue weighted by Crippen LogP contribution is -2.61. The number of carbonyl (C=O) groups is 1. The lowest BCUT2D eigenvalue weighted by Gasteiger charge is -2.51. The van der Waals surface area contributed by atoms with Crippen molar-refractivity contribution in [3.63, 3.8) is 0 Å². The van der Waals surface area contributed by atoms with E-state index in [0.29, 0.717) is 31.9 Å². The van der Waals surface area contributed by atoms with Gasteiger partial charge in [0.1, 0.15) is 11.6 Å². The second-order valence-electron chi connectivity index (χ2n) is 7.66. The number of phenols is 1. The summed E-state index contributed by atoms with van der Waals surface area (Å²) in [5.41, 5.74) is 1.60. The fourth-order valence-electron chi connectivity index (χ4n) is 4.20. The van der Waals surface area contributed by atoms with E-state index in [1.807, 2.05) is 17.0 Å². The van der Waals surface area contributed by atoms with Crippen molar-refractivity contribution in [3.8, 4) is 5.75 Å². The summed E-state index contributed by atoms with van der Waals surface area (Å²) in [5, 5.41) is 9.42. The summed E-state index contributed by atoms with van der Waals surface area (Å²) in [4.78, 5) is 17.1. The van der Waals surface area contributed by atoms with Crippen LogP contribution in [0.25, 0.3) is 0 Å². The Morgan fingerprint density at radius 3 is 2.39 bits per heavy atom. The van der Waals surface area contributed by atoms with E-state index in [4.69, 9.17) is 4.74 Å². The number of aromatic hydroxyl groups is 1. The van der Waals surface area contributed by atoms with Crippen LogP contribution in [0.4, 0.5) is 4.39 Å². The van der Waals surface area contributed by atoms with Crippen LogP contribution in [-0.4, -0.2) is 59.2 Å². The third kappa shape index (κ3) is 3.88. The van der Waals surface area contributed by atoms with Gasteiger partial charge in [-0.1, -0.05) is 12.1 Å². The molecule has 1 amide bonds. The lowest BCUT2D eigenvalue weighted by molar-refractivity contribution is -0.0958. The first-order valence-corrected chi connectivity index (χ1v) is 9.71. The molecule has 1 N–H and O–H groups in total. The molecule has 0 bridgehead atoms. The first kappa shape index (κ1) is 18.9. The quantitative estimate of drug-likeness (QED) is 0.884.